The lowest BCUT2D eigenvalue weighted by Crippen LogP contribution is -2.36. The van der Waals surface area contributed by atoms with Crippen molar-refractivity contribution in [3.63, 3.8) is 0 Å². The Labute approximate surface area is 221 Å². The number of nitrogens with one attached hydrogen (secondary N) is 1. The van der Waals surface area contributed by atoms with E-state index in [4.69, 9.17) is 4.42 Å². The fourth-order valence-electron chi connectivity index (χ4n) is 4.56. The van der Waals surface area contributed by atoms with E-state index in [1.54, 1.807) is 12.1 Å². The molecule has 200 valence electrons. The predicted octanol–water partition coefficient (Wildman–Crippen LogP) is 5.58. The SMILES string of the molecule is CC(C)(C)c1ccc(CN(Cc2ccco2)S(=O)(=O)c2ccc(S(=O)(=O)NC3CCCCC3)cc2)cc1. The van der Waals surface area contributed by atoms with Gasteiger partial charge >= 0.3 is 0 Å². The van der Waals surface area contributed by atoms with E-state index in [1.165, 1.54) is 34.8 Å². The van der Waals surface area contributed by atoms with Gasteiger partial charge in [-0.25, -0.2) is 21.6 Å². The second kappa shape index (κ2) is 11.1. The molecule has 0 unspecified atom stereocenters. The van der Waals surface area contributed by atoms with Crippen molar-refractivity contribution in [2.45, 2.75) is 87.2 Å². The van der Waals surface area contributed by atoms with E-state index in [-0.39, 0.29) is 34.3 Å². The van der Waals surface area contributed by atoms with Gasteiger partial charge < -0.3 is 4.42 Å². The van der Waals surface area contributed by atoms with Gasteiger partial charge in [-0.3, -0.25) is 0 Å². The molecule has 1 saturated carbocycles. The monoisotopic (exact) mass is 544 g/mol. The van der Waals surface area contributed by atoms with Crippen LogP contribution in [0.5, 0.6) is 0 Å². The van der Waals surface area contributed by atoms with Crippen LogP contribution in [0.15, 0.2) is 81.1 Å². The van der Waals surface area contributed by atoms with Crippen LogP contribution in [0.4, 0.5) is 0 Å². The Kier molecular flexibility index (Phi) is 8.28. The number of rotatable bonds is 9. The maximum atomic E-state index is 13.7. The van der Waals surface area contributed by atoms with Gasteiger partial charge in [0.25, 0.3) is 0 Å². The standard InChI is InChI=1S/C28H36N2O5S2/c1-28(2,3)23-13-11-22(12-14-23)20-30(21-25-10-7-19-35-25)37(33,34)27-17-15-26(16-18-27)36(31,32)29-24-8-5-4-6-9-24/h7,10-19,24,29H,4-6,8-9,20-21H2,1-3H3. The van der Waals surface area contributed by atoms with E-state index < -0.39 is 20.0 Å². The third-order valence-corrected chi connectivity index (χ3v) is 10.1. The molecule has 0 bridgehead atoms. The number of sulfonamides is 2. The summed E-state index contributed by atoms with van der Waals surface area (Å²) >= 11 is 0. The summed E-state index contributed by atoms with van der Waals surface area (Å²) in [5.74, 6) is 0.519. The Morgan fingerprint density at radius 2 is 1.46 bits per heavy atom. The van der Waals surface area contributed by atoms with Crippen LogP contribution in [0, 0.1) is 0 Å². The maximum Gasteiger partial charge on any atom is 0.243 e. The Bertz CT molecular complexity index is 1370. The van der Waals surface area contributed by atoms with Crippen LogP contribution < -0.4 is 4.72 Å². The summed E-state index contributed by atoms with van der Waals surface area (Å²) in [6, 6.07) is 16.8. The lowest BCUT2D eigenvalue weighted by molar-refractivity contribution is 0.358. The molecule has 37 heavy (non-hydrogen) atoms. The number of furan rings is 1. The molecule has 0 spiro atoms. The van der Waals surface area contributed by atoms with Gasteiger partial charge in [0.05, 0.1) is 22.6 Å². The van der Waals surface area contributed by atoms with Crippen molar-refractivity contribution in [1.29, 1.82) is 0 Å². The Hall–Kier alpha value is -2.46. The van der Waals surface area contributed by atoms with Crippen LogP contribution in [0.25, 0.3) is 0 Å². The maximum absolute atomic E-state index is 13.7. The quantitative estimate of drug-likeness (QED) is 0.379. The first-order chi connectivity index (χ1) is 17.4. The first kappa shape index (κ1) is 27.6. The number of hydrogen-bond acceptors (Lipinski definition) is 5. The first-order valence-electron chi connectivity index (χ1n) is 12.7. The summed E-state index contributed by atoms with van der Waals surface area (Å²) in [4.78, 5) is 0.0920. The topological polar surface area (TPSA) is 96.7 Å². The highest BCUT2D eigenvalue weighted by Gasteiger charge is 2.28. The summed E-state index contributed by atoms with van der Waals surface area (Å²) in [6.07, 6.45) is 6.30. The zero-order valence-electron chi connectivity index (χ0n) is 21.7. The molecule has 0 aliphatic heterocycles. The summed E-state index contributed by atoms with van der Waals surface area (Å²) in [5.41, 5.74) is 2.00. The Morgan fingerprint density at radius 3 is 2.03 bits per heavy atom. The van der Waals surface area contributed by atoms with Gasteiger partial charge in [-0.1, -0.05) is 64.3 Å². The molecule has 1 fully saturated rings. The zero-order valence-corrected chi connectivity index (χ0v) is 23.3. The molecule has 1 aliphatic carbocycles. The van der Waals surface area contributed by atoms with E-state index in [0.717, 1.165) is 43.2 Å². The van der Waals surface area contributed by atoms with Crippen LogP contribution in [-0.4, -0.2) is 27.2 Å². The summed E-state index contributed by atoms with van der Waals surface area (Å²) in [5, 5.41) is 0. The molecular formula is C28H36N2O5S2. The molecule has 3 aromatic rings. The van der Waals surface area contributed by atoms with Gasteiger partial charge in [0.2, 0.25) is 20.0 Å². The highest BCUT2D eigenvalue weighted by atomic mass is 32.2. The summed E-state index contributed by atoms with van der Waals surface area (Å²) in [6.45, 7) is 6.59. The van der Waals surface area contributed by atoms with Gasteiger partial charge in [0.15, 0.2) is 0 Å². The first-order valence-corrected chi connectivity index (χ1v) is 15.6. The average Bonchev–Trinajstić information content (AvgIpc) is 3.37. The van der Waals surface area contributed by atoms with E-state index in [9.17, 15) is 16.8 Å². The number of benzene rings is 2. The molecule has 4 rings (SSSR count). The minimum Gasteiger partial charge on any atom is -0.468 e. The minimum absolute atomic E-state index is 0.00755. The molecule has 9 heteroatoms. The van der Waals surface area contributed by atoms with Gasteiger partial charge in [-0.15, -0.1) is 0 Å². The van der Waals surface area contributed by atoms with E-state index >= 15 is 0 Å². The highest BCUT2D eigenvalue weighted by molar-refractivity contribution is 7.89. The smallest absolute Gasteiger partial charge is 0.243 e. The lowest BCUT2D eigenvalue weighted by atomic mass is 9.87. The predicted molar refractivity (Wildman–Crippen MR) is 144 cm³/mol. The minimum atomic E-state index is -3.95. The third-order valence-electron chi connectivity index (χ3n) is 6.79. The van der Waals surface area contributed by atoms with Crippen molar-refractivity contribution < 1.29 is 21.3 Å². The van der Waals surface area contributed by atoms with Crippen LogP contribution in [0.1, 0.15) is 69.8 Å². The van der Waals surface area contributed by atoms with Crippen LogP contribution >= 0.6 is 0 Å². The molecule has 2 aromatic carbocycles. The molecule has 0 saturated heterocycles. The molecule has 1 aliphatic rings. The van der Waals surface area contributed by atoms with E-state index in [0.29, 0.717) is 5.76 Å². The highest BCUT2D eigenvalue weighted by Crippen LogP contribution is 2.26. The van der Waals surface area contributed by atoms with Gasteiger partial charge in [0.1, 0.15) is 5.76 Å². The lowest BCUT2D eigenvalue weighted by Gasteiger charge is -2.23. The Morgan fingerprint density at radius 1 is 0.838 bits per heavy atom. The van der Waals surface area contributed by atoms with Crippen molar-refractivity contribution in [3.05, 3.63) is 83.8 Å². The van der Waals surface area contributed by atoms with Crippen molar-refractivity contribution in [3.8, 4) is 0 Å². The van der Waals surface area contributed by atoms with Crippen molar-refractivity contribution in [2.75, 3.05) is 0 Å². The molecule has 1 aromatic heterocycles. The molecule has 0 amide bonds. The third kappa shape index (κ3) is 6.90. The molecule has 1 heterocycles. The van der Waals surface area contributed by atoms with E-state index in [2.05, 4.69) is 25.5 Å². The molecule has 0 radical (unpaired) electrons. The van der Waals surface area contributed by atoms with Gasteiger partial charge in [-0.2, -0.15) is 4.31 Å². The molecule has 1 N–H and O–H groups in total. The van der Waals surface area contributed by atoms with Gasteiger partial charge in [-0.05, 0) is 65.8 Å². The van der Waals surface area contributed by atoms with Crippen LogP contribution in [-0.2, 0) is 38.6 Å². The van der Waals surface area contributed by atoms with E-state index in [1.807, 2.05) is 24.3 Å². The summed E-state index contributed by atoms with van der Waals surface area (Å²) < 4.78 is 62.7. The largest absolute Gasteiger partial charge is 0.468 e. The van der Waals surface area contributed by atoms with Gasteiger partial charge in [0, 0.05) is 12.6 Å². The normalized spacial score (nSPS) is 15.8. The average molecular weight is 545 g/mol. The van der Waals surface area contributed by atoms with Crippen molar-refractivity contribution >= 4 is 20.0 Å². The number of hydrogen-bond donors (Lipinski definition) is 1. The second-order valence-corrected chi connectivity index (χ2v) is 14.4. The molecule has 0 atom stereocenters. The zero-order chi connectivity index (χ0) is 26.7. The fraction of sp³-hybridized carbons (Fsp3) is 0.429. The molecule has 7 nitrogen and oxygen atoms in total. The summed E-state index contributed by atoms with van der Waals surface area (Å²) in [7, 11) is -7.67. The molecular weight excluding hydrogens is 508 g/mol. The van der Waals surface area contributed by atoms with Crippen LogP contribution in [0.3, 0.4) is 0 Å². The van der Waals surface area contributed by atoms with Crippen LogP contribution in [0.2, 0.25) is 0 Å². The number of nitrogens with zero attached hydrogens (tertiary/aromatic N) is 1. The van der Waals surface area contributed by atoms with Crippen molar-refractivity contribution in [1.82, 2.24) is 9.03 Å². The Balaban J connectivity index is 1.57. The van der Waals surface area contributed by atoms with Crippen molar-refractivity contribution in [2.24, 2.45) is 0 Å². The second-order valence-electron chi connectivity index (χ2n) is 10.7. The fourth-order valence-corrected chi connectivity index (χ4v) is 7.26.